The van der Waals surface area contributed by atoms with Crippen molar-refractivity contribution in [2.24, 2.45) is 0 Å². The van der Waals surface area contributed by atoms with Crippen LogP contribution in [-0.2, 0) is 4.75 Å². The van der Waals surface area contributed by atoms with Crippen molar-refractivity contribution >= 4 is 11.8 Å². The normalized spacial score (nSPS) is 18.1. The lowest BCUT2D eigenvalue weighted by molar-refractivity contribution is 0.120. The highest BCUT2D eigenvalue weighted by Crippen LogP contribution is 2.75. The van der Waals surface area contributed by atoms with E-state index in [9.17, 15) is 8.78 Å². The minimum absolute atomic E-state index is 0.573. The Labute approximate surface area is 126 Å². The number of ether oxygens (including phenoxy) is 2. The van der Waals surface area contributed by atoms with Gasteiger partial charge in [-0.25, -0.2) is 0 Å². The number of hydrogen-bond donors (Lipinski definition) is 0. The first kappa shape index (κ1) is 14.2. The van der Waals surface area contributed by atoms with Gasteiger partial charge in [-0.3, -0.25) is 0 Å². The lowest BCUT2D eigenvalue weighted by Gasteiger charge is -2.16. The molecule has 0 unspecified atom stereocenters. The van der Waals surface area contributed by atoms with Crippen LogP contribution in [0.5, 0.6) is 11.5 Å². The van der Waals surface area contributed by atoms with Gasteiger partial charge in [-0.15, -0.1) is 0 Å². The Morgan fingerprint density at radius 1 is 0.762 bits per heavy atom. The standard InChI is InChI=1S/C16H14F2O2S/c1-19-13-7-3-11(4-8-13)15(16(17,18)21-15)12-5-9-14(20-2)10-6-12/h3-10H,1-2H3. The fourth-order valence-corrected chi connectivity index (χ4v) is 3.52. The molecule has 1 aliphatic heterocycles. The molecule has 1 heterocycles. The van der Waals surface area contributed by atoms with Crippen LogP contribution in [0.3, 0.4) is 0 Å². The average molecular weight is 308 g/mol. The summed E-state index contributed by atoms with van der Waals surface area (Å²) in [6.45, 7) is 0. The Morgan fingerprint density at radius 3 is 1.33 bits per heavy atom. The third-order valence-electron chi connectivity index (χ3n) is 3.64. The van der Waals surface area contributed by atoms with E-state index in [0.717, 1.165) is 0 Å². The predicted molar refractivity (Wildman–Crippen MR) is 79.3 cm³/mol. The number of rotatable bonds is 4. The molecule has 0 aromatic heterocycles. The zero-order chi connectivity index (χ0) is 15.1. The van der Waals surface area contributed by atoms with E-state index in [1.165, 1.54) is 0 Å². The summed E-state index contributed by atoms with van der Waals surface area (Å²) in [6, 6.07) is 13.6. The third kappa shape index (κ3) is 2.16. The molecule has 1 fully saturated rings. The second-order valence-corrected chi connectivity index (χ2v) is 6.09. The minimum atomic E-state index is -2.81. The molecule has 0 amide bonds. The first-order chi connectivity index (χ1) is 10.0. The lowest BCUT2D eigenvalue weighted by atomic mass is 9.91. The summed E-state index contributed by atoms with van der Waals surface area (Å²) >= 11 is 0.659. The summed E-state index contributed by atoms with van der Waals surface area (Å²) in [5.74, 6) is 1.30. The first-order valence-electron chi connectivity index (χ1n) is 6.40. The van der Waals surface area contributed by atoms with E-state index >= 15 is 0 Å². The molecular weight excluding hydrogens is 294 g/mol. The van der Waals surface area contributed by atoms with Crippen molar-refractivity contribution in [3.8, 4) is 11.5 Å². The lowest BCUT2D eigenvalue weighted by Crippen LogP contribution is -2.18. The summed E-state index contributed by atoms with van der Waals surface area (Å²) in [4.78, 5) is 0. The molecule has 1 saturated heterocycles. The zero-order valence-corrected chi connectivity index (χ0v) is 12.4. The highest BCUT2D eigenvalue weighted by Gasteiger charge is 2.74. The highest BCUT2D eigenvalue weighted by atomic mass is 32.2. The molecule has 0 atom stereocenters. The molecule has 110 valence electrons. The molecule has 2 aromatic rings. The third-order valence-corrected chi connectivity index (χ3v) is 5.03. The second-order valence-electron chi connectivity index (χ2n) is 4.76. The van der Waals surface area contributed by atoms with Gasteiger partial charge in [0, 0.05) is 0 Å². The number of thioether (sulfide) groups is 1. The maximum absolute atomic E-state index is 14.1. The second kappa shape index (κ2) is 4.91. The Balaban J connectivity index is 2.03. The van der Waals surface area contributed by atoms with Gasteiger partial charge in [0.15, 0.2) is 0 Å². The quantitative estimate of drug-likeness (QED) is 0.785. The molecule has 0 aliphatic carbocycles. The summed E-state index contributed by atoms with van der Waals surface area (Å²) in [5.41, 5.74) is 1.15. The van der Waals surface area contributed by atoms with Gasteiger partial charge in [0.2, 0.25) is 0 Å². The SMILES string of the molecule is COc1ccc(C2(c3ccc(OC)cc3)SC2(F)F)cc1. The van der Waals surface area contributed by atoms with Crippen molar-refractivity contribution in [1.82, 2.24) is 0 Å². The summed E-state index contributed by atoms with van der Waals surface area (Å²) in [6.07, 6.45) is 0. The van der Waals surface area contributed by atoms with Crippen LogP contribution >= 0.6 is 11.8 Å². The van der Waals surface area contributed by atoms with Crippen molar-refractivity contribution in [3.63, 3.8) is 0 Å². The maximum atomic E-state index is 14.1. The molecule has 2 aromatic carbocycles. The van der Waals surface area contributed by atoms with E-state index in [0.29, 0.717) is 34.4 Å². The van der Waals surface area contributed by atoms with Crippen LogP contribution in [0, 0.1) is 0 Å². The molecular formula is C16H14F2O2S. The van der Waals surface area contributed by atoms with Crippen molar-refractivity contribution in [2.75, 3.05) is 14.2 Å². The maximum Gasteiger partial charge on any atom is 0.317 e. The number of hydrogen-bond acceptors (Lipinski definition) is 3. The van der Waals surface area contributed by atoms with Crippen LogP contribution in [0.4, 0.5) is 8.78 Å². The number of benzene rings is 2. The zero-order valence-electron chi connectivity index (χ0n) is 11.6. The van der Waals surface area contributed by atoms with E-state index in [-0.39, 0.29) is 0 Å². The Hall–Kier alpha value is -1.75. The Kier molecular flexibility index (Phi) is 3.32. The van der Waals surface area contributed by atoms with Crippen LogP contribution in [0.2, 0.25) is 0 Å². The van der Waals surface area contributed by atoms with E-state index in [1.54, 1.807) is 62.8 Å². The summed E-state index contributed by atoms with van der Waals surface area (Å²) < 4.78 is 37.0. The van der Waals surface area contributed by atoms with Crippen LogP contribution in [0.15, 0.2) is 48.5 Å². The molecule has 1 aliphatic rings. The van der Waals surface area contributed by atoms with Gasteiger partial charge in [0.05, 0.1) is 14.2 Å². The Bertz CT molecular complexity index is 591. The monoisotopic (exact) mass is 308 g/mol. The molecule has 0 saturated carbocycles. The molecule has 5 heteroatoms. The van der Waals surface area contributed by atoms with Gasteiger partial charge in [-0.1, -0.05) is 36.0 Å². The summed E-state index contributed by atoms with van der Waals surface area (Å²) in [7, 11) is 3.10. The Morgan fingerprint density at radius 2 is 1.10 bits per heavy atom. The van der Waals surface area contributed by atoms with Gasteiger partial charge < -0.3 is 9.47 Å². The molecule has 0 bridgehead atoms. The van der Waals surface area contributed by atoms with Crippen LogP contribution in [-0.4, -0.2) is 19.5 Å². The number of halogens is 2. The van der Waals surface area contributed by atoms with Crippen molar-refractivity contribution in [3.05, 3.63) is 59.7 Å². The average Bonchev–Trinajstić information content (AvgIpc) is 3.11. The van der Waals surface area contributed by atoms with Gasteiger partial charge in [-0.2, -0.15) is 8.78 Å². The molecule has 0 radical (unpaired) electrons. The smallest absolute Gasteiger partial charge is 0.317 e. The number of alkyl halides is 2. The van der Waals surface area contributed by atoms with Gasteiger partial charge in [-0.05, 0) is 35.4 Å². The van der Waals surface area contributed by atoms with Crippen LogP contribution in [0.25, 0.3) is 0 Å². The summed E-state index contributed by atoms with van der Waals surface area (Å²) in [5, 5.41) is -2.81. The van der Waals surface area contributed by atoms with Crippen LogP contribution < -0.4 is 9.47 Å². The minimum Gasteiger partial charge on any atom is -0.497 e. The fourth-order valence-electron chi connectivity index (χ4n) is 2.44. The topological polar surface area (TPSA) is 18.5 Å². The number of methoxy groups -OCH3 is 2. The van der Waals surface area contributed by atoms with Crippen molar-refractivity contribution in [1.29, 1.82) is 0 Å². The van der Waals surface area contributed by atoms with Gasteiger partial charge in [0.25, 0.3) is 0 Å². The van der Waals surface area contributed by atoms with E-state index < -0.39 is 10.0 Å². The largest absolute Gasteiger partial charge is 0.497 e. The first-order valence-corrected chi connectivity index (χ1v) is 7.22. The molecule has 2 nitrogen and oxygen atoms in total. The van der Waals surface area contributed by atoms with Crippen molar-refractivity contribution in [2.45, 2.75) is 10.0 Å². The van der Waals surface area contributed by atoms with Crippen molar-refractivity contribution < 1.29 is 18.3 Å². The van der Waals surface area contributed by atoms with E-state index in [2.05, 4.69) is 0 Å². The van der Waals surface area contributed by atoms with Crippen LogP contribution in [0.1, 0.15) is 11.1 Å². The molecule has 0 N–H and O–H groups in total. The fraction of sp³-hybridized carbons (Fsp3) is 0.250. The van der Waals surface area contributed by atoms with E-state index in [4.69, 9.17) is 9.47 Å². The molecule has 21 heavy (non-hydrogen) atoms. The van der Waals surface area contributed by atoms with Gasteiger partial charge in [0.1, 0.15) is 16.2 Å². The molecule has 0 spiro atoms. The van der Waals surface area contributed by atoms with E-state index in [1.807, 2.05) is 0 Å². The molecule has 3 rings (SSSR count). The highest BCUT2D eigenvalue weighted by molar-refractivity contribution is 8.08. The predicted octanol–water partition coefficient (Wildman–Crippen LogP) is 4.29. The van der Waals surface area contributed by atoms with Gasteiger partial charge >= 0.3 is 5.25 Å².